The summed E-state index contributed by atoms with van der Waals surface area (Å²) in [5, 5.41) is 0.360. The van der Waals surface area contributed by atoms with E-state index >= 15 is 0 Å². The number of hydrogen-bond donors (Lipinski definition) is 2. The fourth-order valence-electron chi connectivity index (χ4n) is 0.633. The first-order chi connectivity index (χ1) is 7.18. The molecule has 2 aromatic heterocycles. The van der Waals surface area contributed by atoms with Crippen molar-refractivity contribution < 1.29 is 0 Å². The van der Waals surface area contributed by atoms with E-state index in [0.29, 0.717) is 16.8 Å². The van der Waals surface area contributed by atoms with E-state index in [1.165, 1.54) is 18.6 Å². The topological polar surface area (TPSA) is 104 Å². The predicted octanol–water partition coefficient (Wildman–Crippen LogP) is 0.771. The van der Waals surface area contributed by atoms with Gasteiger partial charge in [0.25, 0.3) is 0 Å². The van der Waals surface area contributed by atoms with Crippen LogP contribution >= 0.6 is 11.6 Å². The number of nitrogens with two attached hydrogens (primary N) is 2. The fourth-order valence-corrected chi connectivity index (χ4v) is 0.730. The number of nitrogen functional groups attached to an aromatic ring is 2. The van der Waals surface area contributed by atoms with Gasteiger partial charge in [0.1, 0.15) is 16.8 Å². The summed E-state index contributed by atoms with van der Waals surface area (Å²) in [4.78, 5) is 14.7. The minimum atomic E-state index is 0.360. The summed E-state index contributed by atoms with van der Waals surface area (Å²) in [5.41, 5.74) is 10.4. The van der Waals surface area contributed by atoms with Crippen LogP contribution in [-0.2, 0) is 0 Å². The Balaban J connectivity index is 0.000000151. The van der Waals surface area contributed by atoms with Crippen LogP contribution in [0.15, 0.2) is 31.0 Å². The lowest BCUT2D eigenvalue weighted by Crippen LogP contribution is -1.89. The Morgan fingerprint density at radius 3 is 1.93 bits per heavy atom. The number of rotatable bonds is 0. The average molecular weight is 225 g/mol. The van der Waals surface area contributed by atoms with Gasteiger partial charge in [-0.15, -0.1) is 0 Å². The van der Waals surface area contributed by atoms with Crippen LogP contribution in [0, 0.1) is 0 Å². The highest BCUT2D eigenvalue weighted by Crippen LogP contribution is 2.00. The highest BCUT2D eigenvalue weighted by Gasteiger charge is 1.85. The second kappa shape index (κ2) is 5.71. The Morgan fingerprint density at radius 2 is 1.60 bits per heavy atom. The molecule has 0 spiro atoms. The van der Waals surface area contributed by atoms with Crippen molar-refractivity contribution in [3.63, 3.8) is 0 Å². The zero-order chi connectivity index (χ0) is 11.1. The first kappa shape index (κ1) is 11.1. The zero-order valence-corrected chi connectivity index (χ0v) is 8.46. The van der Waals surface area contributed by atoms with Gasteiger partial charge >= 0.3 is 0 Å². The molecule has 0 saturated heterocycles. The van der Waals surface area contributed by atoms with Gasteiger partial charge in [-0.25, -0.2) is 15.0 Å². The lowest BCUT2D eigenvalue weighted by molar-refractivity contribution is 1.21. The molecule has 2 heterocycles. The summed E-state index contributed by atoms with van der Waals surface area (Å²) in [6.45, 7) is 0. The molecule has 4 N–H and O–H groups in total. The first-order valence-corrected chi connectivity index (χ1v) is 4.31. The van der Waals surface area contributed by atoms with Crippen molar-refractivity contribution in [3.05, 3.63) is 36.1 Å². The van der Waals surface area contributed by atoms with Gasteiger partial charge < -0.3 is 11.5 Å². The van der Waals surface area contributed by atoms with Gasteiger partial charge in [-0.1, -0.05) is 11.6 Å². The van der Waals surface area contributed by atoms with E-state index in [4.69, 9.17) is 23.1 Å². The average Bonchev–Trinajstić information content (AvgIpc) is 2.25. The standard InChI is InChI=1S/C4H4ClN3.C4H5N3/c5-3-1-8-4(6)2-7-3;5-4-3-6-1-2-7-4/h1-2H,(H2,6,8);1-3H,(H2,5,7). The van der Waals surface area contributed by atoms with Crippen molar-refractivity contribution in [3.8, 4) is 0 Å². The van der Waals surface area contributed by atoms with E-state index in [0.717, 1.165) is 0 Å². The fraction of sp³-hybridized carbons (Fsp3) is 0. The van der Waals surface area contributed by atoms with E-state index in [-0.39, 0.29) is 0 Å². The monoisotopic (exact) mass is 224 g/mol. The van der Waals surface area contributed by atoms with Crippen LogP contribution in [0.3, 0.4) is 0 Å². The molecule has 2 rings (SSSR count). The summed E-state index contributed by atoms with van der Waals surface area (Å²) < 4.78 is 0. The Morgan fingerprint density at radius 1 is 0.867 bits per heavy atom. The molecule has 0 bridgehead atoms. The van der Waals surface area contributed by atoms with Crippen LogP contribution in [-0.4, -0.2) is 19.9 Å². The minimum Gasteiger partial charge on any atom is -0.382 e. The first-order valence-electron chi connectivity index (χ1n) is 3.93. The highest BCUT2D eigenvalue weighted by atomic mass is 35.5. The van der Waals surface area contributed by atoms with Crippen molar-refractivity contribution in [2.45, 2.75) is 0 Å². The highest BCUT2D eigenvalue weighted by molar-refractivity contribution is 6.29. The summed E-state index contributed by atoms with van der Waals surface area (Å²) >= 11 is 5.38. The molecule has 0 aromatic carbocycles. The lowest BCUT2D eigenvalue weighted by atomic mass is 10.7. The van der Waals surface area contributed by atoms with Crippen molar-refractivity contribution in [2.24, 2.45) is 0 Å². The van der Waals surface area contributed by atoms with E-state index in [1.807, 2.05) is 0 Å². The predicted molar refractivity (Wildman–Crippen MR) is 57.9 cm³/mol. The van der Waals surface area contributed by atoms with E-state index in [2.05, 4.69) is 19.9 Å². The maximum absolute atomic E-state index is 5.38. The van der Waals surface area contributed by atoms with Crippen molar-refractivity contribution in [1.29, 1.82) is 0 Å². The Bertz CT molecular complexity index is 369. The van der Waals surface area contributed by atoms with Crippen LogP contribution in [0.2, 0.25) is 5.15 Å². The summed E-state index contributed by atoms with van der Waals surface area (Å²) in [5.74, 6) is 0.844. The normalized spacial score (nSPS) is 8.87. The molecule has 0 unspecified atom stereocenters. The van der Waals surface area contributed by atoms with Crippen LogP contribution in [0.4, 0.5) is 11.6 Å². The molecule has 0 amide bonds. The molecule has 0 aliphatic heterocycles. The number of halogens is 1. The number of anilines is 2. The molecular weight excluding hydrogens is 216 g/mol. The minimum absolute atomic E-state index is 0.360. The summed E-state index contributed by atoms with van der Waals surface area (Å²) in [7, 11) is 0. The van der Waals surface area contributed by atoms with Gasteiger partial charge in [-0.3, -0.25) is 4.98 Å². The van der Waals surface area contributed by atoms with Gasteiger partial charge in [-0.2, -0.15) is 0 Å². The van der Waals surface area contributed by atoms with Crippen LogP contribution in [0.1, 0.15) is 0 Å². The second-order valence-electron chi connectivity index (χ2n) is 2.39. The zero-order valence-electron chi connectivity index (χ0n) is 7.71. The molecule has 2 aromatic rings. The molecule has 6 nitrogen and oxygen atoms in total. The summed E-state index contributed by atoms with van der Waals surface area (Å²) in [6.07, 6.45) is 7.44. The molecule has 0 atom stereocenters. The van der Waals surface area contributed by atoms with Crippen LogP contribution < -0.4 is 11.5 Å². The third-order valence-electron chi connectivity index (χ3n) is 1.22. The maximum Gasteiger partial charge on any atom is 0.147 e. The van der Waals surface area contributed by atoms with E-state index < -0.39 is 0 Å². The smallest absolute Gasteiger partial charge is 0.147 e. The lowest BCUT2D eigenvalue weighted by Gasteiger charge is -1.87. The molecule has 15 heavy (non-hydrogen) atoms. The third-order valence-corrected chi connectivity index (χ3v) is 1.42. The SMILES string of the molecule is Nc1cnc(Cl)cn1.Nc1cnccn1. The van der Waals surface area contributed by atoms with Gasteiger partial charge in [-0.05, 0) is 0 Å². The molecule has 78 valence electrons. The van der Waals surface area contributed by atoms with Gasteiger partial charge in [0.2, 0.25) is 0 Å². The van der Waals surface area contributed by atoms with E-state index in [9.17, 15) is 0 Å². The molecule has 0 fully saturated rings. The number of nitrogens with zero attached hydrogens (tertiary/aromatic N) is 4. The second-order valence-corrected chi connectivity index (χ2v) is 2.78. The Labute approximate surface area is 91.4 Å². The Hall–Kier alpha value is -1.95. The number of hydrogen-bond acceptors (Lipinski definition) is 6. The maximum atomic E-state index is 5.38. The van der Waals surface area contributed by atoms with Gasteiger partial charge in [0.15, 0.2) is 0 Å². The van der Waals surface area contributed by atoms with Gasteiger partial charge in [0, 0.05) is 12.4 Å². The quantitative estimate of drug-likeness (QED) is 0.685. The molecule has 0 aliphatic rings. The summed E-state index contributed by atoms with van der Waals surface area (Å²) in [6, 6.07) is 0. The van der Waals surface area contributed by atoms with Crippen LogP contribution in [0.25, 0.3) is 0 Å². The molecule has 0 saturated carbocycles. The Kier molecular flexibility index (Phi) is 4.24. The molecular formula is C8H9ClN6. The van der Waals surface area contributed by atoms with Crippen LogP contribution in [0.5, 0.6) is 0 Å². The number of aromatic nitrogens is 4. The molecule has 0 aliphatic carbocycles. The van der Waals surface area contributed by atoms with Crippen molar-refractivity contribution >= 4 is 23.2 Å². The van der Waals surface area contributed by atoms with Gasteiger partial charge in [0.05, 0.1) is 18.6 Å². The van der Waals surface area contributed by atoms with Crippen molar-refractivity contribution in [1.82, 2.24) is 19.9 Å². The molecule has 0 radical (unpaired) electrons. The third kappa shape index (κ3) is 4.72. The van der Waals surface area contributed by atoms with E-state index in [1.54, 1.807) is 12.4 Å². The van der Waals surface area contributed by atoms with Crippen molar-refractivity contribution in [2.75, 3.05) is 11.5 Å². The molecule has 7 heteroatoms. The largest absolute Gasteiger partial charge is 0.382 e.